The lowest BCUT2D eigenvalue weighted by Gasteiger charge is -2.41. The minimum atomic E-state index is -0.516. The number of anilines is 3. The molecular weight excluding hydrogens is 839 g/mol. The third kappa shape index (κ3) is 4.65. The smallest absolute Gasteiger partial charge is 0.137 e. The van der Waals surface area contributed by atoms with Crippen LogP contribution in [0.25, 0.3) is 44.2 Å². The topological polar surface area (TPSA) is 16.4 Å². The van der Waals surface area contributed by atoms with Gasteiger partial charge in [0.05, 0.1) is 21.9 Å². The SMILES string of the molecule is c1ccc2c(c1)Sc1ccc(N(c3ccc4c(c3)C3(c5ccccc5S4)c4ccccc4-c4ccccc43)c3cccc4oc5ccccc5c34)cc1C21c2ccccc2-c2ccccc21. The second-order valence-corrected chi connectivity index (χ2v) is 20.0. The van der Waals surface area contributed by atoms with Gasteiger partial charge >= 0.3 is 0 Å². The normalized spacial score (nSPS) is 14.8. The first-order valence-corrected chi connectivity index (χ1v) is 24.3. The number of hydrogen-bond donors (Lipinski definition) is 0. The average Bonchev–Trinajstić information content (AvgIpc) is 4.01. The monoisotopic (exact) mass is 875 g/mol. The van der Waals surface area contributed by atoms with Crippen LogP contribution in [0.3, 0.4) is 0 Å². The summed E-state index contributed by atoms with van der Waals surface area (Å²) in [6.07, 6.45) is 0. The molecule has 0 amide bonds. The summed E-state index contributed by atoms with van der Waals surface area (Å²) in [6, 6.07) is 84.0. The molecule has 3 heterocycles. The van der Waals surface area contributed by atoms with Gasteiger partial charge in [-0.1, -0.05) is 181 Å². The number of benzene rings is 10. The molecule has 2 spiro atoms. The van der Waals surface area contributed by atoms with Crippen LogP contribution in [-0.2, 0) is 10.8 Å². The van der Waals surface area contributed by atoms with Gasteiger partial charge in [0, 0.05) is 36.3 Å². The van der Waals surface area contributed by atoms with Gasteiger partial charge in [0.15, 0.2) is 0 Å². The number of nitrogens with zero attached hydrogens (tertiary/aromatic N) is 1. The molecule has 308 valence electrons. The Morgan fingerprint density at radius 3 is 1.21 bits per heavy atom. The Morgan fingerprint density at radius 2 is 0.712 bits per heavy atom. The lowest BCUT2D eigenvalue weighted by atomic mass is 9.67. The van der Waals surface area contributed by atoms with Gasteiger partial charge in [-0.3, -0.25) is 0 Å². The van der Waals surface area contributed by atoms with Crippen molar-refractivity contribution in [1.29, 1.82) is 0 Å². The molecule has 4 aliphatic rings. The van der Waals surface area contributed by atoms with Crippen LogP contribution in [0.5, 0.6) is 0 Å². The van der Waals surface area contributed by atoms with Crippen molar-refractivity contribution in [3.05, 3.63) is 269 Å². The molecule has 15 rings (SSSR count). The minimum Gasteiger partial charge on any atom is -0.456 e. The van der Waals surface area contributed by atoms with E-state index in [-0.39, 0.29) is 0 Å². The van der Waals surface area contributed by atoms with E-state index in [4.69, 9.17) is 4.42 Å². The Bertz CT molecular complexity index is 3590. The highest BCUT2D eigenvalue weighted by atomic mass is 32.2. The van der Waals surface area contributed by atoms with Crippen molar-refractivity contribution in [2.45, 2.75) is 30.4 Å². The molecule has 11 aromatic rings. The predicted molar refractivity (Wildman–Crippen MR) is 271 cm³/mol. The second kappa shape index (κ2) is 13.5. The first kappa shape index (κ1) is 36.8. The van der Waals surface area contributed by atoms with Gasteiger partial charge in [0.2, 0.25) is 0 Å². The summed E-state index contributed by atoms with van der Waals surface area (Å²) in [5, 5.41) is 2.20. The second-order valence-electron chi connectivity index (χ2n) is 17.8. The summed E-state index contributed by atoms with van der Waals surface area (Å²) in [5.41, 5.74) is 19.8. The minimum absolute atomic E-state index is 0.516. The zero-order valence-electron chi connectivity index (χ0n) is 35.5. The quantitative estimate of drug-likeness (QED) is 0.176. The molecule has 66 heavy (non-hydrogen) atoms. The zero-order valence-corrected chi connectivity index (χ0v) is 37.2. The molecule has 1 aromatic heterocycles. The van der Waals surface area contributed by atoms with E-state index in [0.29, 0.717) is 0 Å². The summed E-state index contributed by atoms with van der Waals surface area (Å²) >= 11 is 3.77. The summed E-state index contributed by atoms with van der Waals surface area (Å²) in [5.74, 6) is 0. The number of rotatable bonds is 3. The van der Waals surface area contributed by atoms with E-state index in [1.807, 2.05) is 23.5 Å². The van der Waals surface area contributed by atoms with Crippen LogP contribution >= 0.6 is 23.5 Å². The Morgan fingerprint density at radius 1 is 0.318 bits per heavy atom. The highest BCUT2D eigenvalue weighted by Gasteiger charge is 2.52. The van der Waals surface area contributed by atoms with Crippen LogP contribution in [0.4, 0.5) is 17.1 Å². The van der Waals surface area contributed by atoms with Crippen molar-refractivity contribution < 1.29 is 4.42 Å². The molecule has 0 saturated carbocycles. The van der Waals surface area contributed by atoms with Crippen molar-refractivity contribution in [3.63, 3.8) is 0 Å². The maximum absolute atomic E-state index is 6.65. The van der Waals surface area contributed by atoms with E-state index < -0.39 is 10.8 Å². The van der Waals surface area contributed by atoms with E-state index in [1.54, 1.807) is 0 Å². The van der Waals surface area contributed by atoms with Gasteiger partial charge in [0.25, 0.3) is 0 Å². The van der Waals surface area contributed by atoms with Crippen molar-refractivity contribution in [3.8, 4) is 22.3 Å². The maximum atomic E-state index is 6.65. The van der Waals surface area contributed by atoms with Crippen LogP contribution in [0.15, 0.2) is 248 Å². The van der Waals surface area contributed by atoms with Crippen LogP contribution in [-0.4, -0.2) is 0 Å². The van der Waals surface area contributed by atoms with E-state index in [2.05, 4.69) is 229 Å². The molecule has 4 heteroatoms. The molecule has 2 aliphatic carbocycles. The third-order valence-electron chi connectivity index (χ3n) is 14.8. The van der Waals surface area contributed by atoms with Crippen molar-refractivity contribution in [2.75, 3.05) is 4.90 Å². The van der Waals surface area contributed by atoms with Gasteiger partial charge in [-0.15, -0.1) is 0 Å². The molecule has 0 fully saturated rings. The van der Waals surface area contributed by atoms with E-state index >= 15 is 0 Å². The predicted octanol–water partition coefficient (Wildman–Crippen LogP) is 16.7. The average molecular weight is 876 g/mol. The lowest BCUT2D eigenvalue weighted by Crippen LogP contribution is -2.32. The fourth-order valence-electron chi connectivity index (χ4n) is 12.3. The van der Waals surface area contributed by atoms with Gasteiger partial charge < -0.3 is 9.32 Å². The lowest BCUT2D eigenvalue weighted by molar-refractivity contribution is 0.669. The van der Waals surface area contributed by atoms with Crippen molar-refractivity contribution in [2.24, 2.45) is 0 Å². The number of furan rings is 1. The summed E-state index contributed by atoms with van der Waals surface area (Å²) in [7, 11) is 0. The first-order chi connectivity index (χ1) is 32.7. The molecule has 10 aromatic carbocycles. The highest BCUT2D eigenvalue weighted by molar-refractivity contribution is 7.99. The largest absolute Gasteiger partial charge is 0.456 e. The fourth-order valence-corrected chi connectivity index (χ4v) is 14.7. The standard InChI is InChI=1S/C62H37NOS2/c1-6-21-45-40(16-1)41-17-2-7-22-46(41)61(45)49-25-10-13-30-56(49)65-58-34-32-38(36-51(58)61)63(53-27-15-29-55-60(53)44-20-5-12-28-54(44)64-55)39-33-35-59-52(37-39)62(50-26-11-14-31-57(50)66-59)47-23-8-3-18-42(47)43-19-4-9-24-48(43)62/h1-37H. The third-order valence-corrected chi connectivity index (χ3v) is 17.1. The van der Waals surface area contributed by atoms with Crippen LogP contribution in [0, 0.1) is 0 Å². The summed E-state index contributed by atoms with van der Waals surface area (Å²) in [6.45, 7) is 0. The van der Waals surface area contributed by atoms with Gasteiger partial charge in [-0.2, -0.15) is 0 Å². The number of hydrogen-bond acceptors (Lipinski definition) is 4. The Labute approximate surface area is 391 Å². The summed E-state index contributed by atoms with van der Waals surface area (Å²) < 4.78 is 6.65. The Balaban J connectivity index is 1.04. The molecule has 0 N–H and O–H groups in total. The van der Waals surface area contributed by atoms with Crippen LogP contribution in [0.1, 0.15) is 44.5 Å². The van der Waals surface area contributed by atoms with E-state index in [9.17, 15) is 0 Å². The molecule has 0 atom stereocenters. The molecule has 0 radical (unpaired) electrons. The van der Waals surface area contributed by atoms with Crippen molar-refractivity contribution in [1.82, 2.24) is 0 Å². The maximum Gasteiger partial charge on any atom is 0.137 e. The Hall–Kier alpha value is -7.50. The first-order valence-electron chi connectivity index (χ1n) is 22.7. The number of para-hydroxylation sites is 1. The number of fused-ring (bicyclic) bond motifs is 21. The zero-order chi connectivity index (χ0) is 43.1. The highest BCUT2D eigenvalue weighted by Crippen LogP contribution is 2.65. The Kier molecular flexibility index (Phi) is 7.54. The molecule has 0 saturated heterocycles. The summed E-state index contributed by atoms with van der Waals surface area (Å²) in [4.78, 5) is 7.65. The molecule has 2 nitrogen and oxygen atoms in total. The van der Waals surface area contributed by atoms with Gasteiger partial charge in [-0.05, 0) is 133 Å². The fraction of sp³-hybridized carbons (Fsp3) is 0.0323. The van der Waals surface area contributed by atoms with Crippen LogP contribution < -0.4 is 4.90 Å². The molecule has 0 bridgehead atoms. The van der Waals surface area contributed by atoms with Gasteiger partial charge in [0.1, 0.15) is 11.2 Å². The molecular formula is C62H37NOS2. The van der Waals surface area contributed by atoms with E-state index in [1.165, 1.54) is 86.3 Å². The van der Waals surface area contributed by atoms with Crippen molar-refractivity contribution >= 4 is 62.5 Å². The molecule has 0 unspecified atom stereocenters. The van der Waals surface area contributed by atoms with E-state index in [0.717, 1.165) is 39.0 Å². The van der Waals surface area contributed by atoms with Gasteiger partial charge in [-0.25, -0.2) is 0 Å². The molecule has 2 aliphatic heterocycles. The van der Waals surface area contributed by atoms with Crippen LogP contribution in [0.2, 0.25) is 0 Å².